The van der Waals surface area contributed by atoms with Crippen LogP contribution in [0.2, 0.25) is 0 Å². The third kappa shape index (κ3) is 3.14. The molecule has 0 radical (unpaired) electrons. The van der Waals surface area contributed by atoms with E-state index >= 15 is 0 Å². The number of methoxy groups -OCH3 is 1. The largest absolute Gasteiger partial charge is 0.468 e. The number of carbonyl (C=O) groups excluding carboxylic acids is 1. The van der Waals surface area contributed by atoms with Crippen molar-refractivity contribution in [1.29, 1.82) is 0 Å². The summed E-state index contributed by atoms with van der Waals surface area (Å²) in [5.41, 5.74) is 5.58. The second kappa shape index (κ2) is 5.63. The molecule has 0 aliphatic heterocycles. The van der Waals surface area contributed by atoms with Crippen LogP contribution in [0.3, 0.4) is 0 Å². The number of halogens is 3. The minimum Gasteiger partial charge on any atom is -0.468 e. The van der Waals surface area contributed by atoms with E-state index < -0.39 is 23.6 Å². The lowest BCUT2D eigenvalue weighted by molar-refractivity contribution is -0.142. The summed E-state index contributed by atoms with van der Waals surface area (Å²) >= 11 is 0. The molecule has 0 bridgehead atoms. The van der Waals surface area contributed by atoms with Crippen molar-refractivity contribution >= 4 is 18.4 Å². The maximum absolute atomic E-state index is 12.7. The molecule has 0 fully saturated rings. The number of benzene rings is 1. The van der Waals surface area contributed by atoms with Crippen LogP contribution in [-0.2, 0) is 9.53 Å². The van der Waals surface area contributed by atoms with Gasteiger partial charge in [-0.3, -0.25) is 4.79 Å². The highest BCUT2D eigenvalue weighted by Gasteiger charge is 2.17. The molecule has 1 aromatic rings. The summed E-state index contributed by atoms with van der Waals surface area (Å²) in [5.74, 6) is -2.72. The third-order valence-corrected chi connectivity index (χ3v) is 1.76. The van der Waals surface area contributed by atoms with Crippen LogP contribution < -0.4 is 5.73 Å². The smallest absolute Gasteiger partial charge is 0.327 e. The van der Waals surface area contributed by atoms with Gasteiger partial charge in [0.15, 0.2) is 11.6 Å². The van der Waals surface area contributed by atoms with Crippen molar-refractivity contribution in [3.8, 4) is 0 Å². The Labute approximate surface area is 91.6 Å². The van der Waals surface area contributed by atoms with Gasteiger partial charge in [0.05, 0.1) is 7.11 Å². The topological polar surface area (TPSA) is 52.3 Å². The Morgan fingerprint density at radius 2 is 2.00 bits per heavy atom. The van der Waals surface area contributed by atoms with Gasteiger partial charge in [-0.15, -0.1) is 12.4 Å². The zero-order valence-electron chi connectivity index (χ0n) is 7.87. The van der Waals surface area contributed by atoms with Crippen molar-refractivity contribution in [2.24, 2.45) is 5.73 Å². The molecule has 1 atom stereocenters. The first-order valence-electron chi connectivity index (χ1n) is 3.84. The quantitative estimate of drug-likeness (QED) is 0.795. The SMILES string of the molecule is COC(=O)C(N)c1ccc(F)c(F)c1.Cl. The number of carbonyl (C=O) groups is 1. The molecule has 0 aromatic heterocycles. The number of ether oxygens (including phenoxy) is 1. The van der Waals surface area contributed by atoms with Crippen LogP contribution in [0.15, 0.2) is 18.2 Å². The highest BCUT2D eigenvalue weighted by Crippen LogP contribution is 2.15. The molecule has 84 valence electrons. The van der Waals surface area contributed by atoms with Gasteiger partial charge in [0.2, 0.25) is 0 Å². The molecule has 0 saturated heterocycles. The summed E-state index contributed by atoms with van der Waals surface area (Å²) in [4.78, 5) is 10.9. The van der Waals surface area contributed by atoms with Crippen molar-refractivity contribution in [3.63, 3.8) is 0 Å². The molecule has 6 heteroatoms. The Balaban J connectivity index is 0.00000196. The summed E-state index contributed by atoms with van der Waals surface area (Å²) in [6.45, 7) is 0. The fourth-order valence-electron chi connectivity index (χ4n) is 0.969. The molecule has 1 unspecified atom stereocenters. The molecule has 0 heterocycles. The van der Waals surface area contributed by atoms with Gasteiger partial charge in [-0.05, 0) is 17.7 Å². The Morgan fingerprint density at radius 3 is 2.47 bits per heavy atom. The van der Waals surface area contributed by atoms with E-state index in [0.29, 0.717) is 0 Å². The van der Waals surface area contributed by atoms with Gasteiger partial charge < -0.3 is 10.5 Å². The van der Waals surface area contributed by atoms with Gasteiger partial charge in [-0.1, -0.05) is 6.07 Å². The van der Waals surface area contributed by atoms with Crippen molar-refractivity contribution in [1.82, 2.24) is 0 Å². The molecular formula is C9H10ClF2NO2. The predicted octanol–water partition coefficient (Wildman–Crippen LogP) is 1.56. The highest BCUT2D eigenvalue weighted by molar-refractivity contribution is 5.85. The van der Waals surface area contributed by atoms with E-state index in [1.54, 1.807) is 0 Å². The first-order valence-corrected chi connectivity index (χ1v) is 3.84. The zero-order valence-corrected chi connectivity index (χ0v) is 8.68. The maximum atomic E-state index is 12.7. The fourth-order valence-corrected chi connectivity index (χ4v) is 0.969. The molecule has 1 aromatic carbocycles. The Hall–Kier alpha value is -1.20. The van der Waals surface area contributed by atoms with Crippen LogP contribution in [0.25, 0.3) is 0 Å². The van der Waals surface area contributed by atoms with Gasteiger partial charge in [-0.25, -0.2) is 8.78 Å². The minimum absolute atomic E-state index is 0. The van der Waals surface area contributed by atoms with Crippen molar-refractivity contribution in [2.45, 2.75) is 6.04 Å². The standard InChI is InChI=1S/C9H9F2NO2.ClH/c1-14-9(13)8(12)5-2-3-6(10)7(11)4-5;/h2-4,8H,12H2,1H3;1H. The number of hydrogen-bond donors (Lipinski definition) is 1. The minimum atomic E-state index is -1.09. The molecular weight excluding hydrogens is 228 g/mol. The van der Waals surface area contributed by atoms with Crippen LogP contribution in [0, 0.1) is 11.6 Å². The predicted molar refractivity (Wildman–Crippen MR) is 52.6 cm³/mol. The summed E-state index contributed by atoms with van der Waals surface area (Å²) in [5, 5.41) is 0. The van der Waals surface area contributed by atoms with Crippen LogP contribution in [0.4, 0.5) is 8.78 Å². The van der Waals surface area contributed by atoms with E-state index in [-0.39, 0.29) is 18.0 Å². The van der Waals surface area contributed by atoms with E-state index in [4.69, 9.17) is 5.73 Å². The number of esters is 1. The third-order valence-electron chi connectivity index (χ3n) is 1.76. The first kappa shape index (κ1) is 13.8. The first-order chi connectivity index (χ1) is 6.56. The maximum Gasteiger partial charge on any atom is 0.327 e. The van der Waals surface area contributed by atoms with E-state index in [2.05, 4.69) is 4.74 Å². The monoisotopic (exact) mass is 237 g/mol. The lowest BCUT2D eigenvalue weighted by atomic mass is 10.1. The summed E-state index contributed by atoms with van der Waals surface area (Å²) in [6, 6.07) is 1.93. The molecule has 0 aliphatic rings. The molecule has 0 aliphatic carbocycles. The average molecular weight is 238 g/mol. The fraction of sp³-hybridized carbons (Fsp3) is 0.222. The lowest BCUT2D eigenvalue weighted by Gasteiger charge is -2.09. The van der Waals surface area contributed by atoms with E-state index in [0.717, 1.165) is 12.1 Å². The van der Waals surface area contributed by atoms with Crippen LogP contribution in [-0.4, -0.2) is 13.1 Å². The van der Waals surface area contributed by atoms with Crippen molar-refractivity contribution in [2.75, 3.05) is 7.11 Å². The van der Waals surface area contributed by atoms with Gasteiger partial charge in [0.25, 0.3) is 0 Å². The second-order valence-corrected chi connectivity index (χ2v) is 2.67. The lowest BCUT2D eigenvalue weighted by Crippen LogP contribution is -2.22. The molecule has 0 saturated carbocycles. The number of nitrogens with two attached hydrogens (primary N) is 1. The van der Waals surface area contributed by atoms with Crippen LogP contribution in [0.1, 0.15) is 11.6 Å². The molecule has 15 heavy (non-hydrogen) atoms. The highest BCUT2D eigenvalue weighted by atomic mass is 35.5. The van der Waals surface area contributed by atoms with E-state index in [1.807, 2.05) is 0 Å². The molecule has 0 amide bonds. The van der Waals surface area contributed by atoms with Gasteiger partial charge in [0, 0.05) is 0 Å². The Kier molecular flexibility index (Phi) is 5.18. The summed E-state index contributed by atoms with van der Waals surface area (Å²) < 4.78 is 29.6. The van der Waals surface area contributed by atoms with Crippen molar-refractivity contribution in [3.05, 3.63) is 35.4 Å². The van der Waals surface area contributed by atoms with Gasteiger partial charge >= 0.3 is 5.97 Å². The Morgan fingerprint density at radius 1 is 1.40 bits per heavy atom. The second-order valence-electron chi connectivity index (χ2n) is 2.67. The molecule has 0 spiro atoms. The zero-order chi connectivity index (χ0) is 10.7. The van der Waals surface area contributed by atoms with Crippen LogP contribution in [0.5, 0.6) is 0 Å². The molecule has 1 rings (SSSR count). The van der Waals surface area contributed by atoms with E-state index in [1.165, 1.54) is 13.2 Å². The normalized spacial score (nSPS) is 11.5. The number of hydrogen-bond acceptors (Lipinski definition) is 3. The summed E-state index contributed by atoms with van der Waals surface area (Å²) in [7, 11) is 1.17. The molecule has 3 nitrogen and oxygen atoms in total. The Bertz CT molecular complexity index is 360. The summed E-state index contributed by atoms with van der Waals surface area (Å²) in [6.07, 6.45) is 0. The molecule has 2 N–H and O–H groups in total. The van der Waals surface area contributed by atoms with Crippen molar-refractivity contribution < 1.29 is 18.3 Å². The average Bonchev–Trinajstić information content (AvgIpc) is 2.20. The van der Waals surface area contributed by atoms with Gasteiger partial charge in [-0.2, -0.15) is 0 Å². The number of rotatable bonds is 2. The van der Waals surface area contributed by atoms with E-state index in [9.17, 15) is 13.6 Å². The van der Waals surface area contributed by atoms with Gasteiger partial charge in [0.1, 0.15) is 6.04 Å². The van der Waals surface area contributed by atoms with Crippen LogP contribution >= 0.6 is 12.4 Å².